The average molecular weight is 394 g/mol. The van der Waals surface area contributed by atoms with Crippen LogP contribution >= 0.6 is 0 Å². The van der Waals surface area contributed by atoms with Gasteiger partial charge in [-0.2, -0.15) is 4.98 Å². The molecule has 0 amide bonds. The van der Waals surface area contributed by atoms with Crippen molar-refractivity contribution in [1.82, 2.24) is 9.97 Å². The average Bonchev–Trinajstić information content (AvgIpc) is 2.77. The summed E-state index contributed by atoms with van der Waals surface area (Å²) in [4.78, 5) is 9.29. The SMILES string of the molecule is COCCCNc1cc(-c2ccccc2)nc(Nc2ccc(OC)c(OC)c2)n1. The second-order valence-electron chi connectivity index (χ2n) is 6.30. The van der Waals surface area contributed by atoms with Crippen molar-refractivity contribution in [2.75, 3.05) is 45.1 Å². The molecule has 2 N–H and O–H groups in total. The van der Waals surface area contributed by atoms with Gasteiger partial charge in [0.2, 0.25) is 5.95 Å². The maximum absolute atomic E-state index is 5.38. The highest BCUT2D eigenvalue weighted by Gasteiger charge is 2.09. The van der Waals surface area contributed by atoms with E-state index < -0.39 is 0 Å². The summed E-state index contributed by atoms with van der Waals surface area (Å²) in [6.07, 6.45) is 0.889. The molecular weight excluding hydrogens is 368 g/mol. The van der Waals surface area contributed by atoms with Crippen LogP contribution in [0.4, 0.5) is 17.5 Å². The normalized spacial score (nSPS) is 10.4. The van der Waals surface area contributed by atoms with E-state index in [1.54, 1.807) is 21.3 Å². The summed E-state index contributed by atoms with van der Waals surface area (Å²) >= 11 is 0. The highest BCUT2D eigenvalue weighted by Crippen LogP contribution is 2.31. The predicted octanol–water partition coefficient (Wildman–Crippen LogP) is 4.35. The Morgan fingerprint density at radius 1 is 0.862 bits per heavy atom. The van der Waals surface area contributed by atoms with Gasteiger partial charge >= 0.3 is 0 Å². The Kier molecular flexibility index (Phi) is 7.24. The van der Waals surface area contributed by atoms with Crippen LogP contribution in [0.25, 0.3) is 11.3 Å². The first-order chi connectivity index (χ1) is 14.2. The second-order valence-corrected chi connectivity index (χ2v) is 6.30. The van der Waals surface area contributed by atoms with Gasteiger partial charge in [-0.15, -0.1) is 0 Å². The van der Waals surface area contributed by atoms with Crippen molar-refractivity contribution in [3.63, 3.8) is 0 Å². The lowest BCUT2D eigenvalue weighted by atomic mass is 10.1. The Labute approximate surface area is 171 Å². The first-order valence-electron chi connectivity index (χ1n) is 9.40. The lowest BCUT2D eigenvalue weighted by Gasteiger charge is -2.13. The summed E-state index contributed by atoms with van der Waals surface area (Å²) in [5.74, 6) is 2.54. The highest BCUT2D eigenvalue weighted by molar-refractivity contribution is 5.67. The molecule has 0 saturated heterocycles. The number of benzene rings is 2. The molecule has 7 heteroatoms. The molecule has 0 unspecified atom stereocenters. The zero-order valence-corrected chi connectivity index (χ0v) is 16.9. The summed E-state index contributed by atoms with van der Waals surface area (Å²) in [5, 5.41) is 6.60. The van der Waals surface area contributed by atoms with Gasteiger partial charge in [0.1, 0.15) is 5.82 Å². The van der Waals surface area contributed by atoms with E-state index in [-0.39, 0.29) is 0 Å². The minimum Gasteiger partial charge on any atom is -0.493 e. The number of hydrogen-bond acceptors (Lipinski definition) is 7. The van der Waals surface area contributed by atoms with Gasteiger partial charge in [-0.25, -0.2) is 4.98 Å². The Hall–Kier alpha value is -3.32. The van der Waals surface area contributed by atoms with Gasteiger partial charge in [0.25, 0.3) is 0 Å². The molecule has 0 aliphatic carbocycles. The van der Waals surface area contributed by atoms with Crippen molar-refractivity contribution in [3.8, 4) is 22.8 Å². The standard InChI is InChI=1S/C22H26N4O3/c1-27-13-7-12-23-21-15-18(16-8-5-4-6-9-16)25-22(26-21)24-17-10-11-19(28-2)20(14-17)29-3/h4-6,8-11,14-15H,7,12-13H2,1-3H3,(H2,23,24,25,26). The minimum atomic E-state index is 0.493. The van der Waals surface area contributed by atoms with E-state index >= 15 is 0 Å². The van der Waals surface area contributed by atoms with Crippen LogP contribution < -0.4 is 20.1 Å². The number of anilines is 3. The topological polar surface area (TPSA) is 77.5 Å². The lowest BCUT2D eigenvalue weighted by Crippen LogP contribution is -2.08. The van der Waals surface area contributed by atoms with Gasteiger partial charge < -0.3 is 24.8 Å². The molecule has 29 heavy (non-hydrogen) atoms. The van der Waals surface area contributed by atoms with E-state index in [2.05, 4.69) is 20.6 Å². The highest BCUT2D eigenvalue weighted by atomic mass is 16.5. The maximum atomic E-state index is 5.38. The lowest BCUT2D eigenvalue weighted by molar-refractivity contribution is 0.198. The van der Waals surface area contributed by atoms with Gasteiger partial charge in [0.05, 0.1) is 19.9 Å². The van der Waals surface area contributed by atoms with Gasteiger partial charge in [-0.3, -0.25) is 0 Å². The molecule has 152 valence electrons. The summed E-state index contributed by atoms with van der Waals surface area (Å²) in [6.45, 7) is 1.45. The second kappa shape index (κ2) is 10.3. The molecule has 1 heterocycles. The summed E-state index contributed by atoms with van der Waals surface area (Å²) in [7, 11) is 4.92. The molecule has 0 radical (unpaired) electrons. The third-order valence-corrected chi connectivity index (χ3v) is 4.27. The monoisotopic (exact) mass is 394 g/mol. The van der Waals surface area contributed by atoms with Crippen LogP contribution in [0.5, 0.6) is 11.5 Å². The van der Waals surface area contributed by atoms with E-state index in [4.69, 9.17) is 14.2 Å². The van der Waals surface area contributed by atoms with E-state index in [1.807, 2.05) is 54.6 Å². The number of ether oxygens (including phenoxy) is 3. The third kappa shape index (κ3) is 5.58. The van der Waals surface area contributed by atoms with E-state index in [1.165, 1.54) is 0 Å². The number of rotatable bonds is 10. The molecule has 0 spiro atoms. The number of aromatic nitrogens is 2. The molecule has 7 nitrogen and oxygen atoms in total. The zero-order chi connectivity index (χ0) is 20.5. The fraction of sp³-hybridized carbons (Fsp3) is 0.273. The van der Waals surface area contributed by atoms with Gasteiger partial charge in [-0.05, 0) is 18.6 Å². The third-order valence-electron chi connectivity index (χ3n) is 4.27. The Balaban J connectivity index is 1.88. The van der Waals surface area contributed by atoms with Crippen molar-refractivity contribution >= 4 is 17.5 Å². The molecule has 0 aliphatic rings. The minimum absolute atomic E-state index is 0.493. The first-order valence-corrected chi connectivity index (χ1v) is 9.40. The van der Waals surface area contributed by atoms with Crippen LogP contribution in [0.1, 0.15) is 6.42 Å². The van der Waals surface area contributed by atoms with Crippen molar-refractivity contribution in [3.05, 3.63) is 54.6 Å². The molecule has 2 aromatic carbocycles. The van der Waals surface area contributed by atoms with Crippen LogP contribution in [0.15, 0.2) is 54.6 Å². The van der Waals surface area contributed by atoms with Gasteiger partial charge in [0.15, 0.2) is 11.5 Å². The van der Waals surface area contributed by atoms with Crippen LogP contribution in [0, 0.1) is 0 Å². The molecule has 0 saturated carbocycles. The van der Waals surface area contributed by atoms with E-state index in [9.17, 15) is 0 Å². The Morgan fingerprint density at radius 3 is 2.38 bits per heavy atom. The van der Waals surface area contributed by atoms with Crippen molar-refractivity contribution in [2.45, 2.75) is 6.42 Å². The molecule has 0 fully saturated rings. The van der Waals surface area contributed by atoms with Crippen LogP contribution in [0.3, 0.4) is 0 Å². The maximum Gasteiger partial charge on any atom is 0.229 e. The van der Waals surface area contributed by atoms with Crippen molar-refractivity contribution in [2.24, 2.45) is 0 Å². The quantitative estimate of drug-likeness (QED) is 0.495. The fourth-order valence-electron chi connectivity index (χ4n) is 2.83. The summed E-state index contributed by atoms with van der Waals surface area (Å²) in [6, 6.07) is 17.5. The molecule has 1 aromatic heterocycles. The number of hydrogen-bond donors (Lipinski definition) is 2. The smallest absolute Gasteiger partial charge is 0.229 e. The van der Waals surface area contributed by atoms with Crippen LogP contribution in [-0.2, 0) is 4.74 Å². The molecule has 0 bridgehead atoms. The fourth-order valence-corrected chi connectivity index (χ4v) is 2.83. The first kappa shape index (κ1) is 20.4. The molecule has 0 atom stereocenters. The van der Waals surface area contributed by atoms with Crippen LogP contribution in [-0.4, -0.2) is 44.4 Å². The Morgan fingerprint density at radius 2 is 1.66 bits per heavy atom. The van der Waals surface area contributed by atoms with Crippen LogP contribution in [0.2, 0.25) is 0 Å². The number of methoxy groups -OCH3 is 3. The van der Waals surface area contributed by atoms with Crippen molar-refractivity contribution in [1.29, 1.82) is 0 Å². The summed E-state index contributed by atoms with van der Waals surface area (Å²) < 4.78 is 15.8. The van der Waals surface area contributed by atoms with E-state index in [0.717, 1.165) is 35.7 Å². The molecule has 3 aromatic rings. The van der Waals surface area contributed by atoms with Gasteiger partial charge in [0, 0.05) is 43.6 Å². The predicted molar refractivity (Wildman–Crippen MR) is 115 cm³/mol. The van der Waals surface area contributed by atoms with Crippen molar-refractivity contribution < 1.29 is 14.2 Å². The molecule has 3 rings (SSSR count). The van der Waals surface area contributed by atoms with E-state index in [0.29, 0.717) is 24.1 Å². The summed E-state index contributed by atoms with van der Waals surface area (Å²) in [5.41, 5.74) is 2.65. The molecular formula is C22H26N4O3. The zero-order valence-electron chi connectivity index (χ0n) is 16.9. The van der Waals surface area contributed by atoms with Gasteiger partial charge in [-0.1, -0.05) is 30.3 Å². The molecule has 0 aliphatic heterocycles. The largest absolute Gasteiger partial charge is 0.493 e. The number of nitrogens with one attached hydrogen (secondary N) is 2. The Bertz CT molecular complexity index is 919. The number of nitrogens with zero attached hydrogens (tertiary/aromatic N) is 2.